The summed E-state index contributed by atoms with van der Waals surface area (Å²) in [5, 5.41) is 8.68. The van der Waals surface area contributed by atoms with Crippen LogP contribution in [0.15, 0.2) is 29.8 Å². The minimum Gasteiger partial charge on any atom is -0.478 e. The van der Waals surface area contributed by atoms with E-state index in [-0.39, 0.29) is 34.1 Å². The van der Waals surface area contributed by atoms with E-state index in [0.717, 1.165) is 0 Å². The normalized spacial score (nSPS) is 22.6. The fourth-order valence-electron chi connectivity index (χ4n) is 2.90. The van der Waals surface area contributed by atoms with Gasteiger partial charge in [0.05, 0.1) is 34.5 Å². The van der Waals surface area contributed by atoms with Gasteiger partial charge in [-0.15, -0.1) is 0 Å². The van der Waals surface area contributed by atoms with Crippen LogP contribution in [0.5, 0.6) is 0 Å². The molecule has 10 heteroatoms. The van der Waals surface area contributed by atoms with Gasteiger partial charge in [-0.2, -0.15) is 0 Å². The van der Waals surface area contributed by atoms with Crippen LogP contribution in [0.25, 0.3) is 0 Å². The number of ether oxygens (including phenoxy) is 2. The maximum atomic E-state index is 12.7. The molecule has 1 fully saturated rings. The van der Waals surface area contributed by atoms with Gasteiger partial charge in [0.1, 0.15) is 5.25 Å². The Kier molecular flexibility index (Phi) is 5.00. The van der Waals surface area contributed by atoms with E-state index in [1.807, 2.05) is 0 Å². The molecule has 0 radical (unpaired) electrons. The predicted molar refractivity (Wildman–Crippen MR) is 92.4 cm³/mol. The predicted octanol–water partition coefficient (Wildman–Crippen LogP) is 2.65. The number of halogens is 2. The Morgan fingerprint density at radius 2 is 1.92 bits per heavy atom. The van der Waals surface area contributed by atoms with Crippen LogP contribution < -0.4 is 4.72 Å². The molecule has 1 aliphatic carbocycles. The number of hydrogen-bond acceptors (Lipinski definition) is 5. The van der Waals surface area contributed by atoms with Crippen LogP contribution in [-0.4, -0.2) is 43.7 Å². The number of sulfonamides is 1. The van der Waals surface area contributed by atoms with E-state index in [1.165, 1.54) is 24.3 Å². The number of carbonyl (C=O) groups is 1. The SMILES string of the molecule is O=C(O)C1=CC2(CCC1S(=O)(=O)Nc1ccc(Cl)c(Cl)c1)OCCO2. The first-order valence-electron chi connectivity index (χ1n) is 7.43. The van der Waals surface area contributed by atoms with Crippen molar-refractivity contribution in [1.82, 2.24) is 0 Å². The van der Waals surface area contributed by atoms with Crippen LogP contribution in [-0.2, 0) is 24.3 Å². The van der Waals surface area contributed by atoms with Gasteiger partial charge in [-0.1, -0.05) is 23.2 Å². The third-order valence-corrected chi connectivity index (χ3v) is 6.55. The van der Waals surface area contributed by atoms with Gasteiger partial charge in [0, 0.05) is 6.42 Å². The summed E-state index contributed by atoms with van der Waals surface area (Å²) in [6.45, 7) is 0.671. The maximum absolute atomic E-state index is 12.7. The minimum absolute atomic E-state index is 0.0504. The summed E-state index contributed by atoms with van der Waals surface area (Å²) in [6, 6.07) is 4.26. The molecular formula is C15H15Cl2NO6S. The first-order valence-corrected chi connectivity index (χ1v) is 9.73. The number of benzene rings is 1. The Bertz CT molecular complexity index is 832. The van der Waals surface area contributed by atoms with Crippen molar-refractivity contribution in [2.75, 3.05) is 17.9 Å². The number of hydrogen-bond donors (Lipinski definition) is 2. The molecule has 1 spiro atoms. The fourth-order valence-corrected chi connectivity index (χ4v) is 4.73. The van der Waals surface area contributed by atoms with E-state index < -0.39 is 27.0 Å². The van der Waals surface area contributed by atoms with Crippen molar-refractivity contribution in [3.8, 4) is 0 Å². The highest BCUT2D eigenvalue weighted by Crippen LogP contribution is 2.37. The van der Waals surface area contributed by atoms with Crippen molar-refractivity contribution < 1.29 is 27.8 Å². The van der Waals surface area contributed by atoms with Gasteiger partial charge in [0.15, 0.2) is 5.79 Å². The number of anilines is 1. The minimum atomic E-state index is -4.02. The number of carboxylic acid groups (broad SMARTS) is 1. The second-order valence-electron chi connectivity index (χ2n) is 5.72. The van der Waals surface area contributed by atoms with E-state index in [4.69, 9.17) is 32.7 Å². The first-order chi connectivity index (χ1) is 11.7. The molecule has 0 bridgehead atoms. The molecule has 7 nitrogen and oxygen atoms in total. The third-order valence-electron chi connectivity index (χ3n) is 4.05. The van der Waals surface area contributed by atoms with Crippen molar-refractivity contribution in [1.29, 1.82) is 0 Å². The van der Waals surface area contributed by atoms with Crippen molar-refractivity contribution in [2.45, 2.75) is 23.9 Å². The summed E-state index contributed by atoms with van der Waals surface area (Å²) in [5.74, 6) is -2.48. The Morgan fingerprint density at radius 3 is 2.52 bits per heavy atom. The lowest BCUT2D eigenvalue weighted by Crippen LogP contribution is -2.41. The van der Waals surface area contributed by atoms with E-state index in [9.17, 15) is 18.3 Å². The van der Waals surface area contributed by atoms with E-state index in [1.54, 1.807) is 0 Å². The van der Waals surface area contributed by atoms with Gasteiger partial charge in [-0.05, 0) is 30.7 Å². The van der Waals surface area contributed by atoms with Gasteiger partial charge in [-0.3, -0.25) is 4.72 Å². The van der Waals surface area contributed by atoms with E-state index >= 15 is 0 Å². The molecule has 1 heterocycles. The summed E-state index contributed by atoms with van der Waals surface area (Å²) in [7, 11) is -4.02. The van der Waals surface area contributed by atoms with E-state index in [0.29, 0.717) is 13.2 Å². The summed E-state index contributed by atoms with van der Waals surface area (Å²) >= 11 is 11.7. The third kappa shape index (κ3) is 3.78. The monoisotopic (exact) mass is 407 g/mol. The number of nitrogens with one attached hydrogen (secondary N) is 1. The number of aliphatic carboxylic acids is 1. The Labute approximate surface area is 154 Å². The summed E-state index contributed by atoms with van der Waals surface area (Å²) in [6.07, 6.45) is 1.55. The van der Waals surface area contributed by atoms with Gasteiger partial charge >= 0.3 is 5.97 Å². The van der Waals surface area contributed by atoms with Crippen LogP contribution in [0, 0.1) is 0 Å². The molecule has 1 saturated heterocycles. The topological polar surface area (TPSA) is 102 Å². The molecule has 136 valence electrons. The fraction of sp³-hybridized carbons (Fsp3) is 0.400. The van der Waals surface area contributed by atoms with Crippen molar-refractivity contribution in [3.63, 3.8) is 0 Å². The average molecular weight is 408 g/mol. The molecule has 1 atom stereocenters. The number of rotatable bonds is 4. The Balaban J connectivity index is 1.90. The molecule has 3 rings (SSSR count). The summed E-state index contributed by atoms with van der Waals surface area (Å²) < 4.78 is 38.7. The summed E-state index contributed by atoms with van der Waals surface area (Å²) in [5.41, 5.74) is -0.0755. The lowest BCUT2D eigenvalue weighted by Gasteiger charge is -2.32. The zero-order valence-corrected chi connectivity index (χ0v) is 15.2. The maximum Gasteiger partial charge on any atom is 0.332 e. The largest absolute Gasteiger partial charge is 0.478 e. The highest BCUT2D eigenvalue weighted by molar-refractivity contribution is 7.93. The highest BCUT2D eigenvalue weighted by Gasteiger charge is 2.45. The standard InChI is InChI=1S/C15H15Cl2NO6S/c16-11-2-1-9(7-12(11)17)18-25(21,22)13-3-4-15(23-5-6-24-15)8-10(13)14(19)20/h1-2,7-8,13,18H,3-6H2,(H,19,20). The molecule has 25 heavy (non-hydrogen) atoms. The smallest absolute Gasteiger partial charge is 0.332 e. The highest BCUT2D eigenvalue weighted by atomic mass is 35.5. The van der Waals surface area contributed by atoms with Gasteiger partial charge in [0.2, 0.25) is 10.0 Å². The molecule has 0 aromatic heterocycles. The van der Waals surface area contributed by atoms with Crippen molar-refractivity contribution >= 4 is 44.9 Å². The lowest BCUT2D eigenvalue weighted by molar-refractivity contribution is -0.138. The quantitative estimate of drug-likeness (QED) is 0.795. The molecule has 0 amide bonds. The summed E-state index contributed by atoms with van der Waals surface area (Å²) in [4.78, 5) is 11.6. The average Bonchev–Trinajstić information content (AvgIpc) is 2.98. The lowest BCUT2D eigenvalue weighted by atomic mass is 9.94. The number of carboxylic acids is 1. The van der Waals surface area contributed by atoms with Crippen LogP contribution in [0.1, 0.15) is 12.8 Å². The van der Waals surface area contributed by atoms with E-state index in [2.05, 4.69) is 4.72 Å². The van der Waals surface area contributed by atoms with Crippen LogP contribution in [0.3, 0.4) is 0 Å². The molecule has 1 aromatic rings. The van der Waals surface area contributed by atoms with Crippen LogP contribution in [0.4, 0.5) is 5.69 Å². The molecule has 1 unspecified atom stereocenters. The van der Waals surface area contributed by atoms with Gasteiger partial charge in [-0.25, -0.2) is 13.2 Å². The molecule has 1 aliphatic heterocycles. The van der Waals surface area contributed by atoms with Crippen LogP contribution >= 0.6 is 23.2 Å². The Hall–Kier alpha value is -1.32. The zero-order chi connectivity index (χ0) is 18.2. The van der Waals surface area contributed by atoms with Gasteiger partial charge < -0.3 is 14.6 Å². The molecular weight excluding hydrogens is 393 g/mol. The van der Waals surface area contributed by atoms with Crippen LogP contribution in [0.2, 0.25) is 10.0 Å². The molecule has 1 aromatic carbocycles. The van der Waals surface area contributed by atoms with Gasteiger partial charge in [0.25, 0.3) is 0 Å². The molecule has 2 N–H and O–H groups in total. The molecule has 2 aliphatic rings. The second-order valence-corrected chi connectivity index (χ2v) is 8.39. The second kappa shape index (κ2) is 6.77. The molecule has 0 saturated carbocycles. The van der Waals surface area contributed by atoms with Crippen molar-refractivity contribution in [2.24, 2.45) is 0 Å². The Morgan fingerprint density at radius 1 is 1.24 bits per heavy atom. The first kappa shape index (κ1) is 18.5. The zero-order valence-electron chi connectivity index (χ0n) is 12.9. The van der Waals surface area contributed by atoms with Crippen molar-refractivity contribution in [3.05, 3.63) is 39.9 Å².